The van der Waals surface area contributed by atoms with Gasteiger partial charge in [-0.05, 0) is 17.5 Å². The van der Waals surface area contributed by atoms with E-state index in [2.05, 4.69) is 0 Å². The Hall–Kier alpha value is -2.17. The Morgan fingerprint density at radius 1 is 1.30 bits per heavy atom. The molecule has 0 spiro atoms. The van der Waals surface area contributed by atoms with E-state index in [0.717, 1.165) is 17.5 Å². The molecule has 2 atom stereocenters. The Balaban J connectivity index is 2.11. The molecule has 0 saturated carbocycles. The number of ether oxygens (including phenoxy) is 1. The van der Waals surface area contributed by atoms with E-state index in [0.29, 0.717) is 6.54 Å². The summed E-state index contributed by atoms with van der Waals surface area (Å²) in [5.41, 5.74) is 1.97. The van der Waals surface area contributed by atoms with Crippen molar-refractivity contribution in [2.24, 2.45) is 5.92 Å². The van der Waals surface area contributed by atoms with E-state index < -0.39 is 17.9 Å². The molecular formula is C15H15NO4. The van der Waals surface area contributed by atoms with Crippen molar-refractivity contribution in [3.05, 3.63) is 35.4 Å². The SMILES string of the molecule is COC(=O)C1C(=O)CC(=O)N2CCc3ccccc3C12. The monoisotopic (exact) mass is 273 g/mol. The van der Waals surface area contributed by atoms with Gasteiger partial charge in [-0.2, -0.15) is 0 Å². The van der Waals surface area contributed by atoms with E-state index in [9.17, 15) is 14.4 Å². The van der Waals surface area contributed by atoms with Gasteiger partial charge in [0.05, 0.1) is 19.6 Å². The largest absolute Gasteiger partial charge is 0.468 e. The normalized spacial score (nSPS) is 24.9. The molecule has 0 bridgehead atoms. The molecule has 1 saturated heterocycles. The van der Waals surface area contributed by atoms with E-state index in [1.807, 2.05) is 24.3 Å². The minimum atomic E-state index is -0.904. The van der Waals surface area contributed by atoms with Gasteiger partial charge >= 0.3 is 5.97 Å². The first-order valence-corrected chi connectivity index (χ1v) is 6.61. The lowest BCUT2D eigenvalue weighted by Crippen LogP contribution is -2.52. The molecule has 5 heteroatoms. The lowest BCUT2D eigenvalue weighted by Gasteiger charge is -2.43. The van der Waals surface area contributed by atoms with Gasteiger partial charge in [0.25, 0.3) is 0 Å². The topological polar surface area (TPSA) is 63.7 Å². The van der Waals surface area contributed by atoms with Gasteiger partial charge in [0, 0.05) is 6.54 Å². The van der Waals surface area contributed by atoms with Crippen molar-refractivity contribution >= 4 is 17.7 Å². The summed E-state index contributed by atoms with van der Waals surface area (Å²) in [4.78, 5) is 37.8. The molecule has 2 heterocycles. The summed E-state index contributed by atoms with van der Waals surface area (Å²) in [6, 6.07) is 7.13. The molecule has 2 aliphatic heterocycles. The highest BCUT2D eigenvalue weighted by atomic mass is 16.5. The molecule has 20 heavy (non-hydrogen) atoms. The third kappa shape index (κ3) is 1.81. The van der Waals surface area contributed by atoms with E-state index in [1.54, 1.807) is 4.90 Å². The molecule has 0 radical (unpaired) electrons. The minimum absolute atomic E-state index is 0.199. The highest BCUT2D eigenvalue weighted by molar-refractivity contribution is 6.10. The second-order valence-corrected chi connectivity index (χ2v) is 5.12. The van der Waals surface area contributed by atoms with Crippen LogP contribution in [-0.2, 0) is 25.5 Å². The lowest BCUT2D eigenvalue weighted by atomic mass is 9.79. The molecule has 0 aromatic heterocycles. The van der Waals surface area contributed by atoms with Crippen molar-refractivity contribution in [3.8, 4) is 0 Å². The number of ketones is 1. The Morgan fingerprint density at radius 2 is 2.05 bits per heavy atom. The van der Waals surface area contributed by atoms with Crippen LogP contribution in [0, 0.1) is 5.92 Å². The molecule has 3 rings (SSSR count). The molecule has 0 aliphatic carbocycles. The number of hydrogen-bond donors (Lipinski definition) is 0. The van der Waals surface area contributed by atoms with Crippen LogP contribution < -0.4 is 0 Å². The Bertz CT molecular complexity index is 595. The van der Waals surface area contributed by atoms with Crippen LogP contribution in [0.1, 0.15) is 23.6 Å². The summed E-state index contributed by atoms with van der Waals surface area (Å²) in [6.07, 6.45) is 0.541. The van der Waals surface area contributed by atoms with Gasteiger partial charge in [-0.3, -0.25) is 14.4 Å². The molecule has 1 aromatic rings. The number of benzene rings is 1. The number of esters is 1. The second-order valence-electron chi connectivity index (χ2n) is 5.12. The van der Waals surface area contributed by atoms with Gasteiger partial charge in [0.1, 0.15) is 5.92 Å². The number of rotatable bonds is 1. The quantitative estimate of drug-likeness (QED) is 0.562. The van der Waals surface area contributed by atoms with Crippen molar-refractivity contribution in [1.29, 1.82) is 0 Å². The fraction of sp³-hybridized carbons (Fsp3) is 0.400. The molecule has 1 aromatic carbocycles. The van der Waals surface area contributed by atoms with Gasteiger partial charge in [-0.15, -0.1) is 0 Å². The number of piperidine rings is 1. The van der Waals surface area contributed by atoms with E-state index in [1.165, 1.54) is 7.11 Å². The molecular weight excluding hydrogens is 258 g/mol. The van der Waals surface area contributed by atoms with Crippen molar-refractivity contribution in [1.82, 2.24) is 4.90 Å². The molecule has 2 aliphatic rings. The van der Waals surface area contributed by atoms with E-state index in [-0.39, 0.29) is 18.1 Å². The Kier molecular flexibility index (Phi) is 3.04. The van der Waals surface area contributed by atoms with Crippen molar-refractivity contribution in [2.45, 2.75) is 18.9 Å². The molecule has 1 amide bonds. The number of amides is 1. The fourth-order valence-corrected chi connectivity index (χ4v) is 3.16. The van der Waals surface area contributed by atoms with Crippen molar-refractivity contribution in [3.63, 3.8) is 0 Å². The third-order valence-electron chi connectivity index (χ3n) is 4.10. The van der Waals surface area contributed by atoms with Gasteiger partial charge < -0.3 is 9.64 Å². The van der Waals surface area contributed by atoms with Crippen LogP contribution in [0.25, 0.3) is 0 Å². The number of Topliss-reactive ketones (excluding diaryl/α,β-unsaturated/α-hetero) is 1. The number of nitrogens with zero attached hydrogens (tertiary/aromatic N) is 1. The maximum atomic E-state index is 12.1. The van der Waals surface area contributed by atoms with Crippen LogP contribution >= 0.6 is 0 Å². The standard InChI is InChI=1S/C15H15NO4/c1-20-15(19)13-11(17)8-12(18)16-7-6-9-4-2-3-5-10(9)14(13)16/h2-5,13-14H,6-8H2,1H3. The third-order valence-corrected chi connectivity index (χ3v) is 4.10. The zero-order valence-corrected chi connectivity index (χ0v) is 11.2. The summed E-state index contributed by atoms with van der Waals surface area (Å²) in [5.74, 6) is -2.01. The number of methoxy groups -OCH3 is 1. The fourth-order valence-electron chi connectivity index (χ4n) is 3.16. The van der Waals surface area contributed by atoms with Crippen LogP contribution in [-0.4, -0.2) is 36.2 Å². The van der Waals surface area contributed by atoms with Gasteiger partial charge in [0.2, 0.25) is 5.91 Å². The van der Waals surface area contributed by atoms with Crippen LogP contribution in [0.2, 0.25) is 0 Å². The lowest BCUT2D eigenvalue weighted by molar-refractivity contribution is -0.160. The van der Waals surface area contributed by atoms with Gasteiger partial charge in [0.15, 0.2) is 5.78 Å². The van der Waals surface area contributed by atoms with Crippen LogP contribution in [0.5, 0.6) is 0 Å². The first-order valence-electron chi connectivity index (χ1n) is 6.61. The van der Waals surface area contributed by atoms with Crippen molar-refractivity contribution < 1.29 is 19.1 Å². The molecule has 5 nitrogen and oxygen atoms in total. The van der Waals surface area contributed by atoms with Gasteiger partial charge in [-0.25, -0.2) is 0 Å². The minimum Gasteiger partial charge on any atom is -0.468 e. The first-order chi connectivity index (χ1) is 9.63. The number of fused-ring (bicyclic) bond motifs is 3. The molecule has 1 fully saturated rings. The van der Waals surface area contributed by atoms with Gasteiger partial charge in [-0.1, -0.05) is 24.3 Å². The average molecular weight is 273 g/mol. The zero-order chi connectivity index (χ0) is 14.3. The number of carbonyl (C=O) groups excluding carboxylic acids is 3. The maximum absolute atomic E-state index is 12.1. The molecule has 104 valence electrons. The summed E-state index contributed by atoms with van der Waals surface area (Å²) in [6.45, 7) is 0.543. The Morgan fingerprint density at radius 3 is 2.80 bits per heavy atom. The Labute approximate surface area is 116 Å². The van der Waals surface area contributed by atoms with Crippen molar-refractivity contribution in [2.75, 3.05) is 13.7 Å². The first kappa shape index (κ1) is 12.8. The average Bonchev–Trinajstić information content (AvgIpc) is 2.46. The number of carbonyl (C=O) groups is 3. The smallest absolute Gasteiger partial charge is 0.318 e. The van der Waals surface area contributed by atoms with Crippen LogP contribution in [0.3, 0.4) is 0 Å². The summed E-state index contributed by atoms with van der Waals surface area (Å²) < 4.78 is 4.76. The summed E-state index contributed by atoms with van der Waals surface area (Å²) in [7, 11) is 1.27. The molecule has 2 unspecified atom stereocenters. The zero-order valence-electron chi connectivity index (χ0n) is 11.2. The highest BCUT2D eigenvalue weighted by Gasteiger charge is 2.48. The highest BCUT2D eigenvalue weighted by Crippen LogP contribution is 2.40. The summed E-state index contributed by atoms with van der Waals surface area (Å²) >= 11 is 0. The van der Waals surface area contributed by atoms with E-state index in [4.69, 9.17) is 4.74 Å². The number of hydrogen-bond acceptors (Lipinski definition) is 4. The molecule has 0 N–H and O–H groups in total. The maximum Gasteiger partial charge on any atom is 0.318 e. The van der Waals surface area contributed by atoms with Crippen LogP contribution in [0.4, 0.5) is 0 Å². The predicted molar refractivity (Wildman–Crippen MR) is 69.7 cm³/mol. The van der Waals surface area contributed by atoms with Crippen LogP contribution in [0.15, 0.2) is 24.3 Å². The van der Waals surface area contributed by atoms with E-state index >= 15 is 0 Å². The summed E-state index contributed by atoms with van der Waals surface area (Å²) in [5, 5.41) is 0. The predicted octanol–water partition coefficient (Wildman–Crippen LogP) is 0.874. The second kappa shape index (κ2) is 4.74.